The SMILES string of the molecule is CC(C)(C)c1ccc2c(c1)c1cc(C(C)(C)C)ccc1n2-c1ccc2c(c1)Oc1cc(-n3c4ccccc4c4ccccc43)cc3c1B2c1c(cc(-n2c4ccc(C(C)(C)C)cc4c4cc(C(C)(C)C)ccc42)c2c1sc1ccccc12)[Se]3. The van der Waals surface area contributed by atoms with Gasteiger partial charge in [-0.3, -0.25) is 0 Å². The molecule has 83 heavy (non-hydrogen) atoms. The van der Waals surface area contributed by atoms with Crippen molar-refractivity contribution in [3.8, 4) is 28.6 Å². The Balaban J connectivity index is 0.986. The van der Waals surface area contributed by atoms with E-state index in [1.54, 1.807) is 0 Å². The zero-order chi connectivity index (χ0) is 57.0. The van der Waals surface area contributed by atoms with Gasteiger partial charge in [0.1, 0.15) is 0 Å². The van der Waals surface area contributed by atoms with Crippen LogP contribution in [0.1, 0.15) is 105 Å². The van der Waals surface area contributed by atoms with Crippen LogP contribution in [0.15, 0.2) is 182 Å². The minimum absolute atomic E-state index is 0.00215. The molecule has 2 aliphatic rings. The van der Waals surface area contributed by atoms with Crippen molar-refractivity contribution in [3.05, 3.63) is 204 Å². The fraction of sp³-hybridized carbons (Fsp3) is 0.211. The molecule has 4 nitrogen and oxygen atoms in total. The molecule has 0 saturated heterocycles. The summed E-state index contributed by atoms with van der Waals surface area (Å²) in [7, 11) is 0. The molecular formula is C76H66BN3OSSe. The zero-order valence-electron chi connectivity index (χ0n) is 49.5. The van der Waals surface area contributed by atoms with Gasteiger partial charge in [0.05, 0.1) is 0 Å². The first-order valence-corrected chi connectivity index (χ1v) is 32.0. The van der Waals surface area contributed by atoms with Crippen molar-refractivity contribution in [1.82, 2.24) is 13.7 Å². The molecule has 14 aromatic rings. The van der Waals surface area contributed by atoms with Crippen molar-refractivity contribution in [1.29, 1.82) is 0 Å². The molecule has 10 aromatic carbocycles. The van der Waals surface area contributed by atoms with Crippen LogP contribution in [0.5, 0.6) is 11.5 Å². The molecule has 0 radical (unpaired) electrons. The van der Waals surface area contributed by atoms with Crippen LogP contribution < -0.4 is 30.0 Å². The maximum atomic E-state index is 7.59. The molecule has 0 atom stereocenters. The van der Waals surface area contributed by atoms with E-state index in [4.69, 9.17) is 4.74 Å². The molecule has 0 N–H and O–H groups in total. The third kappa shape index (κ3) is 7.56. The Bertz CT molecular complexity index is 4940. The van der Waals surface area contributed by atoms with E-state index in [1.807, 2.05) is 11.3 Å². The zero-order valence-corrected chi connectivity index (χ0v) is 52.0. The number of benzene rings is 10. The molecule has 7 heteroatoms. The second-order valence-electron chi connectivity index (χ2n) is 27.8. The molecule has 0 fully saturated rings. The van der Waals surface area contributed by atoms with E-state index >= 15 is 0 Å². The van der Waals surface area contributed by atoms with E-state index in [1.165, 1.54) is 139 Å². The van der Waals surface area contributed by atoms with Crippen LogP contribution >= 0.6 is 11.3 Å². The molecule has 4 aromatic heterocycles. The van der Waals surface area contributed by atoms with Gasteiger partial charge < -0.3 is 0 Å². The summed E-state index contributed by atoms with van der Waals surface area (Å²) in [5.41, 5.74) is 20.0. The molecule has 406 valence electrons. The van der Waals surface area contributed by atoms with Crippen molar-refractivity contribution in [2.24, 2.45) is 0 Å². The number of fused-ring (bicyclic) bond motifs is 17. The summed E-state index contributed by atoms with van der Waals surface area (Å²) in [4.78, 5) is 0. The van der Waals surface area contributed by atoms with E-state index < -0.39 is 0 Å². The van der Waals surface area contributed by atoms with Crippen molar-refractivity contribution in [2.75, 3.05) is 0 Å². The van der Waals surface area contributed by atoms with E-state index in [9.17, 15) is 0 Å². The number of nitrogens with zero attached hydrogens (tertiary/aromatic N) is 3. The van der Waals surface area contributed by atoms with Crippen molar-refractivity contribution in [3.63, 3.8) is 0 Å². The van der Waals surface area contributed by atoms with E-state index in [0.29, 0.717) is 0 Å². The van der Waals surface area contributed by atoms with Crippen LogP contribution in [0.2, 0.25) is 0 Å². The standard InChI is InChI=1S/C76H66BN3OSSe/c1-73(2,3)43-25-31-59-52(35-43)53-36-44(74(4,5)6)26-32-60(53)78(59)47-29-30-56-64(39-47)81-65-40-48(79-57-22-16-13-19-49(57)50-20-14-17-23-58(50)79)41-67-70(65)77(56)71-68(83-67)42-63(69-51-21-15-18-24-66(51)82-72(69)71)80-61-33-27-45(75(7,8)9)37-54(61)55-38-46(76(10,11)12)28-34-62(55)80/h13-42H,1-12H3. The van der Waals surface area contributed by atoms with Gasteiger partial charge in [0.25, 0.3) is 0 Å². The van der Waals surface area contributed by atoms with Crippen LogP contribution in [0.3, 0.4) is 0 Å². The van der Waals surface area contributed by atoms with Crippen molar-refractivity contribution < 1.29 is 4.74 Å². The average Bonchev–Trinajstić information content (AvgIpc) is 1.91. The first kappa shape index (κ1) is 50.9. The number of thiophene rings is 1. The van der Waals surface area contributed by atoms with Crippen LogP contribution in [0.25, 0.3) is 103 Å². The second kappa shape index (κ2) is 17.4. The van der Waals surface area contributed by atoms with Gasteiger partial charge in [-0.1, -0.05) is 41.5 Å². The van der Waals surface area contributed by atoms with Crippen molar-refractivity contribution in [2.45, 2.75) is 105 Å². The third-order valence-corrected chi connectivity index (χ3v) is 21.9. The molecule has 0 aliphatic carbocycles. The minimum atomic E-state index is -0.0943. The molecule has 0 saturated carbocycles. The molecule has 0 spiro atoms. The Hall–Kier alpha value is -7.80. The number of hydrogen-bond donors (Lipinski definition) is 0. The Kier molecular flexibility index (Phi) is 10.7. The summed E-state index contributed by atoms with van der Waals surface area (Å²) in [6.45, 7) is 27.8. The average molecular weight is 1160 g/mol. The van der Waals surface area contributed by atoms with Gasteiger partial charge >= 0.3 is 448 Å². The van der Waals surface area contributed by atoms with Crippen LogP contribution in [-0.2, 0) is 21.7 Å². The fourth-order valence-corrected chi connectivity index (χ4v) is 18.0. The quantitative estimate of drug-likeness (QED) is 0.162. The summed E-state index contributed by atoms with van der Waals surface area (Å²) in [5.74, 6) is 1.85. The predicted molar refractivity (Wildman–Crippen MR) is 360 cm³/mol. The van der Waals surface area contributed by atoms with Gasteiger partial charge in [0, 0.05) is 0 Å². The van der Waals surface area contributed by atoms with Gasteiger partial charge in [0.15, 0.2) is 0 Å². The van der Waals surface area contributed by atoms with Gasteiger partial charge in [0.2, 0.25) is 0 Å². The number of para-hydroxylation sites is 2. The number of hydrogen-bond acceptors (Lipinski definition) is 2. The molecule has 16 rings (SSSR count). The molecule has 0 amide bonds. The normalized spacial score (nSPS) is 13.8. The van der Waals surface area contributed by atoms with Gasteiger partial charge in [-0.2, -0.15) is 0 Å². The first-order chi connectivity index (χ1) is 39.7. The molecule has 2 aliphatic heterocycles. The Morgan fingerprint density at radius 1 is 0.373 bits per heavy atom. The monoisotopic (exact) mass is 1160 g/mol. The Morgan fingerprint density at radius 2 is 0.807 bits per heavy atom. The molecule has 0 unspecified atom stereocenters. The summed E-state index contributed by atoms with van der Waals surface area (Å²) >= 11 is 1.88. The van der Waals surface area contributed by atoms with Crippen LogP contribution in [0, 0.1) is 0 Å². The van der Waals surface area contributed by atoms with E-state index in [-0.39, 0.29) is 43.3 Å². The van der Waals surface area contributed by atoms with Crippen molar-refractivity contribution >= 4 is 144 Å². The summed E-state index contributed by atoms with van der Waals surface area (Å²) in [6, 6.07) is 70.4. The van der Waals surface area contributed by atoms with E-state index in [0.717, 1.165) is 22.9 Å². The summed E-state index contributed by atoms with van der Waals surface area (Å²) in [5, 5.41) is 10.3. The molecular weight excluding hydrogens is 1090 g/mol. The fourth-order valence-electron chi connectivity index (χ4n) is 13.9. The third-order valence-electron chi connectivity index (χ3n) is 18.4. The summed E-state index contributed by atoms with van der Waals surface area (Å²) in [6.07, 6.45) is 0. The molecule has 0 bridgehead atoms. The number of ether oxygens (including phenoxy) is 1. The maximum absolute atomic E-state index is 7.59. The topological polar surface area (TPSA) is 24.0 Å². The number of aromatic nitrogens is 3. The summed E-state index contributed by atoms with van der Waals surface area (Å²) < 4.78 is 20.6. The second-order valence-corrected chi connectivity index (χ2v) is 31.1. The first-order valence-electron chi connectivity index (χ1n) is 29.5. The van der Waals surface area contributed by atoms with Crippen LogP contribution in [0.4, 0.5) is 0 Å². The Labute approximate surface area is 496 Å². The van der Waals surface area contributed by atoms with Gasteiger partial charge in [-0.05, 0) is 10.8 Å². The van der Waals surface area contributed by atoms with Crippen LogP contribution in [-0.4, -0.2) is 35.4 Å². The Morgan fingerprint density at radius 3 is 1.33 bits per heavy atom. The van der Waals surface area contributed by atoms with E-state index in [2.05, 4.69) is 279 Å². The van der Waals surface area contributed by atoms with Gasteiger partial charge in [-0.15, -0.1) is 0 Å². The number of rotatable bonds is 3. The predicted octanol–water partition coefficient (Wildman–Crippen LogP) is 17.1. The van der Waals surface area contributed by atoms with Gasteiger partial charge in [-0.25, -0.2) is 0 Å². The molecule has 6 heterocycles.